The fourth-order valence-corrected chi connectivity index (χ4v) is 0.601. The van der Waals surface area contributed by atoms with Crippen LogP contribution >= 0.6 is 15.4 Å². The van der Waals surface area contributed by atoms with Gasteiger partial charge in [-0.3, -0.25) is 9.09 Å². The fourth-order valence-electron chi connectivity index (χ4n) is 0.200. The van der Waals surface area contributed by atoms with Crippen LogP contribution in [0.5, 0.6) is 0 Å². The zero-order valence-electron chi connectivity index (χ0n) is 9.15. The van der Waals surface area contributed by atoms with Gasteiger partial charge in [-0.15, -0.1) is 0 Å². The molecule has 0 aromatic carbocycles. The van der Waals surface area contributed by atoms with Crippen LogP contribution < -0.4 is 0 Å². The summed E-state index contributed by atoms with van der Waals surface area (Å²) in [5.41, 5.74) is 0. The molecular formula is C5H15O7P2Y2-. The van der Waals surface area contributed by atoms with Gasteiger partial charge in [0.25, 0.3) is 0 Å². The minimum absolute atomic E-state index is 0. The second-order valence-electron chi connectivity index (χ2n) is 2.00. The Balaban J connectivity index is -0.0000000825. The summed E-state index contributed by atoms with van der Waals surface area (Å²) in [6.45, 7) is 3.17. The fraction of sp³-hybridized carbons (Fsp3) is 0.800. The first kappa shape index (κ1) is 26.9. The van der Waals surface area contributed by atoms with Crippen molar-refractivity contribution >= 4 is 15.4 Å². The van der Waals surface area contributed by atoms with Crippen molar-refractivity contribution in [2.75, 3.05) is 12.8 Å². The van der Waals surface area contributed by atoms with E-state index in [9.17, 15) is 9.13 Å². The maximum atomic E-state index is 10.2. The maximum Gasteiger partial charge on any atom is 0.441 e. The minimum atomic E-state index is -3.78. The van der Waals surface area contributed by atoms with Crippen LogP contribution in [0.25, 0.3) is 0 Å². The van der Waals surface area contributed by atoms with E-state index in [4.69, 9.17) is 14.7 Å². The first-order chi connectivity index (χ1) is 6.18. The van der Waals surface area contributed by atoms with Gasteiger partial charge in [-0.05, 0) is 6.92 Å². The molecule has 1 unspecified atom stereocenters. The Labute approximate surface area is 146 Å². The molecule has 0 aliphatic rings. The van der Waals surface area contributed by atoms with E-state index in [0.717, 1.165) is 0 Å². The number of hydrogen-bond acceptors (Lipinski definition) is 4. The topological polar surface area (TPSA) is 113 Å². The van der Waals surface area contributed by atoms with E-state index in [-0.39, 0.29) is 78.2 Å². The predicted octanol–water partition coefficient (Wildman–Crippen LogP) is 1.11. The van der Waals surface area contributed by atoms with Crippen molar-refractivity contribution in [2.45, 2.75) is 13.8 Å². The van der Waals surface area contributed by atoms with Crippen LogP contribution in [0, 0.1) is 7.11 Å². The molecule has 16 heavy (non-hydrogen) atoms. The smallest absolute Gasteiger partial charge is 0.441 e. The van der Waals surface area contributed by atoms with E-state index in [1.807, 2.05) is 0 Å². The summed E-state index contributed by atoms with van der Waals surface area (Å²) in [6.07, 6.45) is -0.0625. The molecule has 0 amide bonds. The zero-order valence-corrected chi connectivity index (χ0v) is 16.6. The standard InChI is InChI=1S/C3H8O4P.C2H7O3P.2Y/c1-3-7-8(4,5)6-2;1-2-6(3,4)5;;/h2-3H2,1H3,(H,4,5);2H2,1H3,(H2,3,4,5);;/q-1;;;. The maximum absolute atomic E-state index is 10.2. The first-order valence-electron chi connectivity index (χ1n) is 3.64. The van der Waals surface area contributed by atoms with Gasteiger partial charge in [0, 0.05) is 71.6 Å². The van der Waals surface area contributed by atoms with Crippen molar-refractivity contribution in [1.82, 2.24) is 0 Å². The van der Waals surface area contributed by atoms with Gasteiger partial charge >= 0.3 is 15.4 Å². The Morgan fingerprint density at radius 3 is 1.50 bits per heavy atom. The SMILES string of the molecule is CCP(=O)(O)O.[CH2-]OP(=O)(O)OCC.[Y].[Y]. The molecule has 7 nitrogen and oxygen atoms in total. The van der Waals surface area contributed by atoms with Crippen molar-refractivity contribution in [3.8, 4) is 0 Å². The molecule has 0 rings (SSSR count). The summed E-state index contributed by atoms with van der Waals surface area (Å²) in [4.78, 5) is 24.2. The molecule has 0 aliphatic heterocycles. The third-order valence-corrected chi connectivity index (χ3v) is 2.60. The molecule has 0 aliphatic carbocycles. The van der Waals surface area contributed by atoms with Crippen LogP contribution in [0.2, 0.25) is 0 Å². The molecule has 0 spiro atoms. The van der Waals surface area contributed by atoms with Gasteiger partial charge in [-0.1, -0.05) is 6.92 Å². The molecule has 0 saturated carbocycles. The molecule has 0 fully saturated rings. The van der Waals surface area contributed by atoms with Gasteiger partial charge in [0.15, 0.2) is 0 Å². The average Bonchev–Trinajstić information content (AvgIpc) is 2.04. The quantitative estimate of drug-likeness (QED) is 0.455. The van der Waals surface area contributed by atoms with E-state index in [2.05, 4.69) is 16.2 Å². The Kier molecular flexibility index (Phi) is 23.4. The van der Waals surface area contributed by atoms with Crippen molar-refractivity contribution in [3.05, 3.63) is 7.11 Å². The Morgan fingerprint density at radius 1 is 1.12 bits per heavy atom. The molecule has 0 bridgehead atoms. The van der Waals surface area contributed by atoms with Crippen molar-refractivity contribution in [2.24, 2.45) is 0 Å². The number of rotatable bonds is 4. The van der Waals surface area contributed by atoms with Gasteiger partial charge in [-0.2, -0.15) is 0 Å². The Morgan fingerprint density at radius 2 is 1.44 bits per heavy atom. The molecular weight excluding hydrogens is 412 g/mol. The van der Waals surface area contributed by atoms with Crippen LogP contribution in [0.1, 0.15) is 13.8 Å². The Hall–Kier alpha value is 2.47. The van der Waals surface area contributed by atoms with Crippen LogP contribution in [0.3, 0.4) is 0 Å². The van der Waals surface area contributed by atoms with Crippen LogP contribution in [0.4, 0.5) is 0 Å². The predicted molar refractivity (Wildman–Crippen MR) is 50.5 cm³/mol. The van der Waals surface area contributed by atoms with E-state index in [1.165, 1.54) is 6.92 Å². The van der Waals surface area contributed by atoms with E-state index < -0.39 is 15.4 Å². The summed E-state index contributed by atoms with van der Waals surface area (Å²) in [6, 6.07) is 0. The molecule has 0 aromatic heterocycles. The normalized spacial score (nSPS) is 13.4. The summed E-state index contributed by atoms with van der Waals surface area (Å²) in [5, 5.41) is 0. The largest absolute Gasteiger partial charge is 0.467 e. The molecule has 94 valence electrons. The summed E-state index contributed by atoms with van der Waals surface area (Å²) in [5.74, 6) is 0. The van der Waals surface area contributed by atoms with Crippen LogP contribution in [-0.4, -0.2) is 27.4 Å². The molecule has 3 N–H and O–H groups in total. The monoisotopic (exact) mass is 427 g/mol. The molecule has 2 radical (unpaired) electrons. The van der Waals surface area contributed by atoms with E-state index >= 15 is 0 Å². The van der Waals surface area contributed by atoms with E-state index in [0.29, 0.717) is 0 Å². The van der Waals surface area contributed by atoms with E-state index in [1.54, 1.807) is 6.92 Å². The van der Waals surface area contributed by atoms with Gasteiger partial charge in [0.2, 0.25) is 0 Å². The number of phosphoric ester groups is 1. The number of phosphoric acid groups is 1. The third kappa shape index (κ3) is 25.3. The van der Waals surface area contributed by atoms with Crippen molar-refractivity contribution < 1.29 is 98.3 Å². The average molecular weight is 427 g/mol. The van der Waals surface area contributed by atoms with Gasteiger partial charge in [0.1, 0.15) is 0 Å². The number of hydrogen-bond donors (Lipinski definition) is 3. The summed E-state index contributed by atoms with van der Waals surface area (Å²) in [7, 11) is -4.69. The minimum Gasteiger partial charge on any atom is -0.467 e. The van der Waals surface area contributed by atoms with Gasteiger partial charge < -0.3 is 19.2 Å². The first-order valence-corrected chi connectivity index (χ1v) is 6.93. The second-order valence-corrected chi connectivity index (χ2v) is 5.41. The molecule has 0 aromatic rings. The molecule has 1 atom stereocenters. The van der Waals surface area contributed by atoms with Crippen LogP contribution in [0.15, 0.2) is 0 Å². The van der Waals surface area contributed by atoms with Gasteiger partial charge in [-0.25, -0.2) is 11.7 Å². The summed E-state index contributed by atoms with van der Waals surface area (Å²) >= 11 is 0. The van der Waals surface area contributed by atoms with Crippen molar-refractivity contribution in [3.63, 3.8) is 0 Å². The second kappa shape index (κ2) is 13.9. The molecule has 0 heterocycles. The molecule has 11 heteroatoms. The van der Waals surface area contributed by atoms with Gasteiger partial charge in [0.05, 0.1) is 6.61 Å². The van der Waals surface area contributed by atoms with Crippen LogP contribution in [-0.2, 0) is 83.6 Å². The molecule has 0 saturated heterocycles. The third-order valence-electron chi connectivity index (χ3n) is 0.867. The van der Waals surface area contributed by atoms with Crippen molar-refractivity contribution in [1.29, 1.82) is 0 Å². The summed E-state index contributed by atoms with van der Waals surface area (Å²) < 4.78 is 27.9. The Bertz CT molecular complexity index is 231. The zero-order chi connectivity index (χ0) is 11.8.